The summed E-state index contributed by atoms with van der Waals surface area (Å²) in [5, 5.41) is 8.51. The number of rotatable bonds is 6. The van der Waals surface area contributed by atoms with Gasteiger partial charge in [0.2, 0.25) is 10.0 Å². The number of esters is 1. The van der Waals surface area contributed by atoms with E-state index in [0.717, 1.165) is 11.3 Å². The molecule has 0 saturated heterocycles. The van der Waals surface area contributed by atoms with Crippen molar-refractivity contribution in [3.05, 3.63) is 59.2 Å². The lowest BCUT2D eigenvalue weighted by molar-refractivity contribution is 0.0600. The zero-order valence-electron chi connectivity index (χ0n) is 15.7. The zero-order chi connectivity index (χ0) is 21.0. The van der Waals surface area contributed by atoms with E-state index in [1.54, 1.807) is 23.1 Å². The van der Waals surface area contributed by atoms with Crippen LogP contribution in [0.5, 0.6) is 0 Å². The van der Waals surface area contributed by atoms with Crippen LogP contribution in [0.4, 0.5) is 5.69 Å². The van der Waals surface area contributed by atoms with Crippen molar-refractivity contribution in [2.45, 2.75) is 17.7 Å². The highest BCUT2D eigenvalue weighted by Crippen LogP contribution is 2.30. The number of hydrogen-bond donors (Lipinski definition) is 1. The van der Waals surface area contributed by atoms with E-state index < -0.39 is 16.0 Å². The van der Waals surface area contributed by atoms with E-state index in [0.29, 0.717) is 24.1 Å². The molecule has 2 aromatic rings. The predicted molar refractivity (Wildman–Crippen MR) is 105 cm³/mol. The molecule has 150 valence electrons. The van der Waals surface area contributed by atoms with Crippen molar-refractivity contribution >= 4 is 27.6 Å². The van der Waals surface area contributed by atoms with Crippen LogP contribution in [-0.2, 0) is 21.2 Å². The summed E-state index contributed by atoms with van der Waals surface area (Å²) in [6.45, 7) is 0.492. The van der Waals surface area contributed by atoms with Crippen molar-refractivity contribution in [2.24, 2.45) is 0 Å². The summed E-state index contributed by atoms with van der Waals surface area (Å²) in [7, 11) is -2.41. The molecule has 0 atom stereocenters. The van der Waals surface area contributed by atoms with Crippen LogP contribution in [0.1, 0.15) is 32.7 Å². The number of ether oxygens (including phenoxy) is 1. The summed E-state index contributed by atoms with van der Waals surface area (Å²) in [6, 6.07) is 12.5. The van der Waals surface area contributed by atoms with Crippen LogP contribution in [0.3, 0.4) is 0 Å². The normalized spacial score (nSPS) is 12.9. The summed E-state index contributed by atoms with van der Waals surface area (Å²) in [6.07, 6.45) is 0.684. The fraction of sp³-hybridized carbons (Fsp3) is 0.250. The van der Waals surface area contributed by atoms with Crippen LogP contribution >= 0.6 is 0 Å². The molecular weight excluding hydrogens is 394 g/mol. The van der Waals surface area contributed by atoms with Gasteiger partial charge < -0.3 is 9.64 Å². The second kappa shape index (κ2) is 8.43. The molecule has 0 aromatic heterocycles. The number of nitriles is 1. The van der Waals surface area contributed by atoms with Crippen LogP contribution in [0.2, 0.25) is 0 Å². The molecule has 3 rings (SSSR count). The van der Waals surface area contributed by atoms with Gasteiger partial charge in [-0.05, 0) is 54.4 Å². The lowest BCUT2D eigenvalue weighted by Crippen LogP contribution is -2.29. The largest absolute Gasteiger partial charge is 0.465 e. The molecule has 0 bridgehead atoms. The Hall–Kier alpha value is -3.22. The van der Waals surface area contributed by atoms with Gasteiger partial charge in [0.05, 0.1) is 23.6 Å². The summed E-state index contributed by atoms with van der Waals surface area (Å²) >= 11 is 0. The SMILES string of the molecule is COC(=O)c1ccc2c(c1)CCN2C(=O)c1ccc(S(=O)(=O)NCCC#N)cc1. The van der Waals surface area contributed by atoms with E-state index in [1.165, 1.54) is 31.4 Å². The monoisotopic (exact) mass is 413 g/mol. The van der Waals surface area contributed by atoms with Gasteiger partial charge in [0, 0.05) is 30.8 Å². The van der Waals surface area contributed by atoms with Crippen molar-refractivity contribution in [3.63, 3.8) is 0 Å². The highest BCUT2D eigenvalue weighted by molar-refractivity contribution is 7.89. The minimum Gasteiger partial charge on any atom is -0.465 e. The van der Waals surface area contributed by atoms with Crippen molar-refractivity contribution in [1.29, 1.82) is 5.26 Å². The van der Waals surface area contributed by atoms with E-state index in [2.05, 4.69) is 4.72 Å². The highest BCUT2D eigenvalue weighted by atomic mass is 32.2. The lowest BCUT2D eigenvalue weighted by atomic mass is 10.1. The van der Waals surface area contributed by atoms with E-state index >= 15 is 0 Å². The molecule has 29 heavy (non-hydrogen) atoms. The maximum absolute atomic E-state index is 12.9. The first-order chi connectivity index (χ1) is 13.9. The maximum Gasteiger partial charge on any atom is 0.337 e. The van der Waals surface area contributed by atoms with Crippen molar-refractivity contribution in [2.75, 3.05) is 25.1 Å². The first-order valence-corrected chi connectivity index (χ1v) is 10.4. The van der Waals surface area contributed by atoms with Gasteiger partial charge in [-0.1, -0.05) is 0 Å². The Balaban J connectivity index is 1.77. The lowest BCUT2D eigenvalue weighted by Gasteiger charge is -2.18. The molecule has 1 aliphatic rings. The van der Waals surface area contributed by atoms with Crippen molar-refractivity contribution in [3.8, 4) is 6.07 Å². The van der Waals surface area contributed by atoms with Gasteiger partial charge >= 0.3 is 5.97 Å². The molecule has 1 heterocycles. The van der Waals surface area contributed by atoms with E-state index in [4.69, 9.17) is 10.00 Å². The smallest absolute Gasteiger partial charge is 0.337 e. The zero-order valence-corrected chi connectivity index (χ0v) is 16.5. The molecule has 0 unspecified atom stereocenters. The molecule has 0 saturated carbocycles. The van der Waals surface area contributed by atoms with Gasteiger partial charge in [-0.25, -0.2) is 17.9 Å². The maximum atomic E-state index is 12.9. The third-order valence-corrected chi connectivity index (χ3v) is 6.06. The second-order valence-corrected chi connectivity index (χ2v) is 8.14. The molecule has 1 aliphatic heterocycles. The van der Waals surface area contributed by atoms with Gasteiger partial charge in [-0.2, -0.15) is 5.26 Å². The number of benzene rings is 2. The molecule has 0 fully saturated rings. The molecule has 1 amide bonds. The fourth-order valence-corrected chi connectivity index (χ4v) is 4.15. The quantitative estimate of drug-likeness (QED) is 0.571. The van der Waals surface area contributed by atoms with Crippen LogP contribution in [-0.4, -0.2) is 40.5 Å². The van der Waals surface area contributed by atoms with Crippen LogP contribution in [0.25, 0.3) is 0 Å². The second-order valence-electron chi connectivity index (χ2n) is 6.37. The van der Waals surface area contributed by atoms with Crippen molar-refractivity contribution in [1.82, 2.24) is 4.72 Å². The number of methoxy groups -OCH3 is 1. The fourth-order valence-electron chi connectivity index (χ4n) is 3.11. The number of amides is 1. The van der Waals surface area contributed by atoms with E-state index in [9.17, 15) is 18.0 Å². The van der Waals surface area contributed by atoms with Gasteiger partial charge in [-0.15, -0.1) is 0 Å². The molecule has 0 spiro atoms. The van der Waals surface area contributed by atoms with Gasteiger partial charge in [0.1, 0.15) is 0 Å². The van der Waals surface area contributed by atoms with Crippen LogP contribution < -0.4 is 9.62 Å². The number of nitrogens with zero attached hydrogens (tertiary/aromatic N) is 2. The van der Waals surface area contributed by atoms with Gasteiger partial charge in [0.25, 0.3) is 5.91 Å². The first-order valence-electron chi connectivity index (χ1n) is 8.87. The van der Waals surface area contributed by atoms with Gasteiger partial charge in [-0.3, -0.25) is 4.79 Å². The number of hydrogen-bond acceptors (Lipinski definition) is 6. The Morgan fingerprint density at radius 2 is 1.86 bits per heavy atom. The number of anilines is 1. The number of carbonyl (C=O) groups excluding carboxylic acids is 2. The number of nitrogens with one attached hydrogen (secondary N) is 1. The molecule has 8 nitrogen and oxygen atoms in total. The Morgan fingerprint density at radius 3 is 2.52 bits per heavy atom. The standard InChI is InChI=1S/C20H19N3O5S/c1-28-20(25)16-5-8-18-15(13-16)9-12-23(18)19(24)14-3-6-17(7-4-14)29(26,27)22-11-2-10-21/h3-8,13,22H,2,9,11-12H2,1H3. The molecule has 1 N–H and O–H groups in total. The Bertz CT molecular complexity index is 1090. The van der Waals surface area contributed by atoms with Crippen LogP contribution in [0, 0.1) is 11.3 Å². The minimum atomic E-state index is -3.73. The third-order valence-electron chi connectivity index (χ3n) is 4.58. The molecule has 0 aliphatic carbocycles. The number of fused-ring (bicyclic) bond motifs is 1. The Morgan fingerprint density at radius 1 is 1.17 bits per heavy atom. The molecule has 9 heteroatoms. The minimum absolute atomic E-state index is 0.0246. The van der Waals surface area contributed by atoms with Gasteiger partial charge in [0.15, 0.2) is 0 Å². The average Bonchev–Trinajstić information content (AvgIpc) is 3.16. The molecular formula is C20H19N3O5S. The van der Waals surface area contributed by atoms with E-state index in [-0.39, 0.29) is 23.8 Å². The topological polar surface area (TPSA) is 117 Å². The Kier molecular flexibility index (Phi) is 5.96. The Labute approximate surface area is 168 Å². The van der Waals surface area contributed by atoms with E-state index in [1.807, 2.05) is 6.07 Å². The third kappa shape index (κ3) is 4.29. The number of sulfonamides is 1. The molecule has 0 radical (unpaired) electrons. The predicted octanol–water partition coefficient (Wildman–Crippen LogP) is 1.87. The summed E-state index contributed by atoms with van der Waals surface area (Å²) in [5.41, 5.74) is 2.38. The summed E-state index contributed by atoms with van der Waals surface area (Å²) in [5.74, 6) is -0.686. The molecule has 2 aromatic carbocycles. The summed E-state index contributed by atoms with van der Waals surface area (Å²) < 4.78 is 31.4. The highest BCUT2D eigenvalue weighted by Gasteiger charge is 2.27. The van der Waals surface area contributed by atoms with Crippen molar-refractivity contribution < 1.29 is 22.7 Å². The first kappa shape index (κ1) is 20.5. The average molecular weight is 413 g/mol. The number of carbonyl (C=O) groups is 2. The van der Waals surface area contributed by atoms with Crippen LogP contribution in [0.15, 0.2) is 47.4 Å². The summed E-state index contributed by atoms with van der Waals surface area (Å²) in [4.78, 5) is 26.2.